The number of hydrogen-bond acceptors (Lipinski definition) is 3. The zero-order valence-corrected chi connectivity index (χ0v) is 12.9. The Bertz CT molecular complexity index is 635. The van der Waals surface area contributed by atoms with Gasteiger partial charge in [-0.15, -0.1) is 0 Å². The van der Waals surface area contributed by atoms with Gasteiger partial charge in [-0.2, -0.15) is 0 Å². The molecule has 0 atom stereocenters. The van der Waals surface area contributed by atoms with Crippen LogP contribution in [0.25, 0.3) is 0 Å². The van der Waals surface area contributed by atoms with Crippen molar-refractivity contribution in [3.63, 3.8) is 0 Å². The average Bonchev–Trinajstić information content (AvgIpc) is 2.51. The summed E-state index contributed by atoms with van der Waals surface area (Å²) in [6, 6.07) is 12.6. The number of ether oxygens (including phenoxy) is 1. The quantitative estimate of drug-likeness (QED) is 0.859. The Hall–Kier alpha value is -2.49. The van der Waals surface area contributed by atoms with E-state index in [1.165, 1.54) is 0 Å². The molecule has 1 amide bonds. The monoisotopic (exact) mass is 299 g/mol. The van der Waals surface area contributed by atoms with Gasteiger partial charge in [0.1, 0.15) is 11.5 Å². The maximum atomic E-state index is 12.1. The molecule has 0 saturated carbocycles. The zero-order valence-electron chi connectivity index (χ0n) is 12.9. The van der Waals surface area contributed by atoms with Crippen LogP contribution in [-0.2, 0) is 6.54 Å². The van der Waals surface area contributed by atoms with E-state index in [2.05, 4.69) is 12.2 Å². The Balaban J connectivity index is 1.93. The number of aromatic hydroxyl groups is 1. The Morgan fingerprint density at radius 1 is 1.18 bits per heavy atom. The van der Waals surface area contributed by atoms with Crippen molar-refractivity contribution in [2.75, 3.05) is 6.61 Å². The lowest BCUT2D eigenvalue weighted by Gasteiger charge is -2.09. The summed E-state index contributed by atoms with van der Waals surface area (Å²) in [4.78, 5) is 12.1. The van der Waals surface area contributed by atoms with Gasteiger partial charge in [0.05, 0.1) is 12.2 Å². The van der Waals surface area contributed by atoms with E-state index in [9.17, 15) is 9.90 Å². The summed E-state index contributed by atoms with van der Waals surface area (Å²) in [6.45, 7) is 5.02. The van der Waals surface area contributed by atoms with Crippen molar-refractivity contribution >= 4 is 5.91 Å². The molecule has 0 bridgehead atoms. The van der Waals surface area contributed by atoms with Gasteiger partial charge < -0.3 is 15.2 Å². The van der Waals surface area contributed by atoms with Crippen molar-refractivity contribution in [2.24, 2.45) is 0 Å². The molecule has 0 heterocycles. The van der Waals surface area contributed by atoms with Crippen LogP contribution < -0.4 is 10.1 Å². The number of aryl methyl sites for hydroxylation is 1. The number of benzene rings is 2. The van der Waals surface area contributed by atoms with E-state index in [-0.39, 0.29) is 17.2 Å². The Morgan fingerprint density at radius 3 is 2.55 bits per heavy atom. The second kappa shape index (κ2) is 7.50. The van der Waals surface area contributed by atoms with Gasteiger partial charge in [0, 0.05) is 6.54 Å². The summed E-state index contributed by atoms with van der Waals surface area (Å²) in [5.74, 6) is 0.540. The third kappa shape index (κ3) is 4.25. The molecule has 0 aliphatic heterocycles. The van der Waals surface area contributed by atoms with Gasteiger partial charge in [-0.05, 0) is 48.7 Å². The highest BCUT2D eigenvalue weighted by Gasteiger charge is 2.10. The van der Waals surface area contributed by atoms with E-state index < -0.39 is 0 Å². The SMILES string of the molecule is CCCOc1ccc(CNC(=O)c2ccc(C)cc2O)cc1. The van der Waals surface area contributed by atoms with E-state index in [0.29, 0.717) is 13.2 Å². The summed E-state index contributed by atoms with van der Waals surface area (Å²) >= 11 is 0. The summed E-state index contributed by atoms with van der Waals surface area (Å²) in [5.41, 5.74) is 2.18. The summed E-state index contributed by atoms with van der Waals surface area (Å²) in [6.07, 6.45) is 0.970. The number of nitrogens with one attached hydrogen (secondary N) is 1. The number of carbonyl (C=O) groups excluding carboxylic acids is 1. The fourth-order valence-corrected chi connectivity index (χ4v) is 2.03. The van der Waals surface area contributed by atoms with Gasteiger partial charge in [-0.1, -0.05) is 25.1 Å². The molecule has 116 valence electrons. The van der Waals surface area contributed by atoms with Crippen LogP contribution in [0.2, 0.25) is 0 Å². The van der Waals surface area contributed by atoms with Crippen LogP contribution in [0.15, 0.2) is 42.5 Å². The van der Waals surface area contributed by atoms with Gasteiger partial charge in [0.15, 0.2) is 0 Å². The first kappa shape index (κ1) is 15.9. The minimum absolute atomic E-state index is 0.000753. The molecule has 0 fully saturated rings. The lowest BCUT2D eigenvalue weighted by Crippen LogP contribution is -2.22. The topological polar surface area (TPSA) is 58.6 Å². The average molecular weight is 299 g/mol. The first-order valence-corrected chi connectivity index (χ1v) is 7.39. The van der Waals surface area contributed by atoms with Crippen LogP contribution in [0.3, 0.4) is 0 Å². The zero-order chi connectivity index (χ0) is 15.9. The van der Waals surface area contributed by atoms with Gasteiger partial charge in [0.2, 0.25) is 0 Å². The second-order valence-corrected chi connectivity index (χ2v) is 5.20. The number of phenolic OH excluding ortho intramolecular Hbond substituents is 1. The standard InChI is InChI=1S/C18H21NO3/c1-3-10-22-15-7-5-14(6-8-15)12-19-18(21)16-9-4-13(2)11-17(16)20/h4-9,11,20H,3,10,12H2,1-2H3,(H,19,21). The molecule has 4 heteroatoms. The van der Waals surface area contributed by atoms with Crippen LogP contribution in [0.5, 0.6) is 11.5 Å². The van der Waals surface area contributed by atoms with Crippen molar-refractivity contribution in [2.45, 2.75) is 26.8 Å². The summed E-state index contributed by atoms with van der Waals surface area (Å²) in [5, 5.41) is 12.6. The first-order chi connectivity index (χ1) is 10.6. The molecule has 2 rings (SSSR count). The number of hydrogen-bond donors (Lipinski definition) is 2. The molecule has 0 spiro atoms. The largest absolute Gasteiger partial charge is 0.507 e. The van der Waals surface area contributed by atoms with Gasteiger partial charge in [0.25, 0.3) is 5.91 Å². The third-order valence-corrected chi connectivity index (χ3v) is 3.25. The Morgan fingerprint density at radius 2 is 1.91 bits per heavy atom. The first-order valence-electron chi connectivity index (χ1n) is 7.39. The predicted octanol–water partition coefficient (Wildman–Crippen LogP) is 3.42. The molecule has 0 radical (unpaired) electrons. The number of phenols is 1. The van der Waals surface area contributed by atoms with Crippen LogP contribution in [0.1, 0.15) is 34.8 Å². The summed E-state index contributed by atoms with van der Waals surface area (Å²) in [7, 11) is 0. The molecule has 2 aromatic rings. The van der Waals surface area contributed by atoms with Crippen LogP contribution in [-0.4, -0.2) is 17.6 Å². The van der Waals surface area contributed by atoms with Crippen molar-refractivity contribution in [1.29, 1.82) is 0 Å². The van der Waals surface area contributed by atoms with Crippen molar-refractivity contribution in [3.05, 3.63) is 59.2 Å². The van der Waals surface area contributed by atoms with Gasteiger partial charge in [-0.3, -0.25) is 4.79 Å². The lowest BCUT2D eigenvalue weighted by molar-refractivity contribution is 0.0948. The van der Waals surface area contributed by atoms with E-state index >= 15 is 0 Å². The third-order valence-electron chi connectivity index (χ3n) is 3.25. The van der Waals surface area contributed by atoms with Gasteiger partial charge >= 0.3 is 0 Å². The highest BCUT2D eigenvalue weighted by atomic mass is 16.5. The molecule has 2 aromatic carbocycles. The highest BCUT2D eigenvalue weighted by Crippen LogP contribution is 2.18. The van der Waals surface area contributed by atoms with E-state index in [1.54, 1.807) is 18.2 Å². The fraction of sp³-hybridized carbons (Fsp3) is 0.278. The lowest BCUT2D eigenvalue weighted by atomic mass is 10.1. The molecule has 0 unspecified atom stereocenters. The molecule has 2 N–H and O–H groups in total. The van der Waals surface area contributed by atoms with Crippen molar-refractivity contribution < 1.29 is 14.6 Å². The maximum absolute atomic E-state index is 12.1. The molecule has 0 aromatic heterocycles. The molecule has 4 nitrogen and oxygen atoms in total. The molecular weight excluding hydrogens is 278 g/mol. The van der Waals surface area contributed by atoms with Crippen molar-refractivity contribution in [1.82, 2.24) is 5.32 Å². The Labute approximate surface area is 130 Å². The molecule has 0 aliphatic carbocycles. The molecule has 22 heavy (non-hydrogen) atoms. The van der Waals surface area contributed by atoms with E-state index in [4.69, 9.17) is 4.74 Å². The van der Waals surface area contributed by atoms with Gasteiger partial charge in [-0.25, -0.2) is 0 Å². The van der Waals surface area contributed by atoms with E-state index in [0.717, 1.165) is 23.3 Å². The molecule has 0 saturated heterocycles. The minimum Gasteiger partial charge on any atom is -0.507 e. The van der Waals surface area contributed by atoms with Crippen molar-refractivity contribution in [3.8, 4) is 11.5 Å². The second-order valence-electron chi connectivity index (χ2n) is 5.20. The predicted molar refractivity (Wildman–Crippen MR) is 86.2 cm³/mol. The van der Waals surface area contributed by atoms with Crippen LogP contribution in [0.4, 0.5) is 0 Å². The fourth-order valence-electron chi connectivity index (χ4n) is 2.03. The maximum Gasteiger partial charge on any atom is 0.255 e. The minimum atomic E-state index is -0.288. The number of rotatable bonds is 6. The normalized spacial score (nSPS) is 10.3. The Kier molecular flexibility index (Phi) is 5.42. The molecule has 0 aliphatic rings. The highest BCUT2D eigenvalue weighted by molar-refractivity contribution is 5.96. The number of amides is 1. The van der Waals surface area contributed by atoms with Crippen LogP contribution >= 0.6 is 0 Å². The smallest absolute Gasteiger partial charge is 0.255 e. The summed E-state index contributed by atoms with van der Waals surface area (Å²) < 4.78 is 5.51. The molecular formula is C18H21NO3. The van der Waals surface area contributed by atoms with E-state index in [1.807, 2.05) is 31.2 Å². The van der Waals surface area contributed by atoms with Crippen LogP contribution in [0, 0.1) is 6.92 Å². The number of carbonyl (C=O) groups is 1.